The van der Waals surface area contributed by atoms with E-state index in [1.54, 1.807) is 20.8 Å². The van der Waals surface area contributed by atoms with Crippen LogP contribution in [-0.4, -0.2) is 67.1 Å². The van der Waals surface area contributed by atoms with Crippen molar-refractivity contribution in [2.75, 3.05) is 18.3 Å². The van der Waals surface area contributed by atoms with Crippen LogP contribution >= 0.6 is 23.5 Å². The first kappa shape index (κ1) is 25.6. The molecule has 2 saturated heterocycles. The summed E-state index contributed by atoms with van der Waals surface area (Å²) in [5.41, 5.74) is -0.543. The van der Waals surface area contributed by atoms with Crippen molar-refractivity contribution >= 4 is 52.2 Å². The van der Waals surface area contributed by atoms with Crippen LogP contribution in [0.25, 0.3) is 0 Å². The van der Waals surface area contributed by atoms with E-state index < -0.39 is 47.0 Å². The van der Waals surface area contributed by atoms with E-state index >= 15 is 0 Å². The Morgan fingerprint density at radius 2 is 2.09 bits per heavy atom. The molecule has 0 bridgehead atoms. The number of hydrogen-bond acceptors (Lipinski definition) is 9. The fourth-order valence-corrected chi connectivity index (χ4v) is 9.07. The molecule has 0 radical (unpaired) electrons. The molecule has 180 valence electrons. The number of aliphatic hydroxyl groups excluding tert-OH is 1. The van der Waals surface area contributed by atoms with Crippen LogP contribution in [0.4, 0.5) is 0 Å². The summed E-state index contributed by atoms with van der Waals surface area (Å²) < 4.78 is 22.8. The van der Waals surface area contributed by atoms with Gasteiger partial charge in [-0.2, -0.15) is 0 Å². The number of thioether (sulfide) groups is 2. The van der Waals surface area contributed by atoms with Crippen molar-refractivity contribution in [3.8, 4) is 0 Å². The van der Waals surface area contributed by atoms with Gasteiger partial charge >= 0.3 is 11.9 Å². The van der Waals surface area contributed by atoms with E-state index in [9.17, 15) is 23.7 Å². The lowest BCUT2D eigenvalue weighted by molar-refractivity contribution is -0.175. The lowest BCUT2D eigenvalue weighted by Crippen LogP contribution is -2.60. The highest BCUT2D eigenvalue weighted by Gasteiger charge is 2.58. The summed E-state index contributed by atoms with van der Waals surface area (Å²) in [6.45, 7) is 6.66. The van der Waals surface area contributed by atoms with Crippen molar-refractivity contribution in [3.63, 3.8) is 0 Å². The van der Waals surface area contributed by atoms with Crippen molar-refractivity contribution < 1.29 is 33.2 Å². The Morgan fingerprint density at radius 3 is 2.69 bits per heavy atom. The van der Waals surface area contributed by atoms with Crippen LogP contribution in [0.2, 0.25) is 0 Å². The highest BCUT2D eigenvalue weighted by Crippen LogP contribution is 2.55. The van der Waals surface area contributed by atoms with E-state index in [1.807, 2.05) is 6.92 Å². The van der Waals surface area contributed by atoms with Gasteiger partial charge in [-0.25, -0.2) is 4.79 Å². The SMILES string of the molecule is CCCCC(C)(C)C(=O)OCOC(=O)C1=C(S[C@H]2CC[S@@](=O)C2)S[C@@H]2[C@@H]([C@@H](C)O)C(=O)N12. The second-order valence-corrected chi connectivity index (χ2v) is 13.2. The smallest absolute Gasteiger partial charge is 0.359 e. The first-order valence-electron chi connectivity index (χ1n) is 10.8. The first-order chi connectivity index (χ1) is 15.1. The Balaban J connectivity index is 1.66. The van der Waals surface area contributed by atoms with Gasteiger partial charge in [0.25, 0.3) is 0 Å². The summed E-state index contributed by atoms with van der Waals surface area (Å²) in [4.78, 5) is 39.2. The van der Waals surface area contributed by atoms with Gasteiger partial charge in [0.1, 0.15) is 5.37 Å². The Morgan fingerprint density at radius 1 is 1.38 bits per heavy atom. The molecule has 1 N–H and O–H groups in total. The van der Waals surface area contributed by atoms with Crippen molar-refractivity contribution in [1.82, 2.24) is 4.90 Å². The van der Waals surface area contributed by atoms with Gasteiger partial charge in [-0.3, -0.25) is 18.7 Å². The molecule has 1 amide bonds. The lowest BCUT2D eigenvalue weighted by atomic mass is 9.87. The number of fused-ring (bicyclic) bond motifs is 1. The maximum absolute atomic E-state index is 12.9. The number of amides is 1. The monoisotopic (exact) mass is 505 g/mol. The minimum atomic E-state index is -0.866. The maximum Gasteiger partial charge on any atom is 0.359 e. The van der Waals surface area contributed by atoms with Gasteiger partial charge in [0, 0.05) is 27.6 Å². The van der Waals surface area contributed by atoms with Crippen LogP contribution in [-0.2, 0) is 34.7 Å². The summed E-state index contributed by atoms with van der Waals surface area (Å²) in [5.74, 6) is -0.924. The van der Waals surface area contributed by atoms with Gasteiger partial charge in [-0.1, -0.05) is 31.5 Å². The standard InChI is InChI=1S/C21H31NO7S3/c1-5-6-8-21(3,4)20(26)29-11-28-18(25)15-19(30-13-7-9-32(27)10-13)31-17-14(12(2)23)16(24)22(15)17/h12-14,17,23H,5-11H2,1-4H3/t12-,13+,14+,17-,32-/m1/s1. The molecule has 11 heteroatoms. The zero-order valence-electron chi connectivity index (χ0n) is 18.8. The van der Waals surface area contributed by atoms with Crippen LogP contribution < -0.4 is 0 Å². The lowest BCUT2D eigenvalue weighted by Gasteiger charge is -2.43. The number of β-lactam (4-membered cyclic amide) rings is 1. The number of unbranched alkanes of at least 4 members (excludes halogenated alkanes) is 1. The number of aliphatic hydroxyl groups is 1. The number of esters is 2. The third-order valence-electron chi connectivity index (χ3n) is 5.86. The minimum Gasteiger partial charge on any atom is -0.427 e. The normalized spacial score (nSPS) is 28.4. The average Bonchev–Trinajstić information content (AvgIpc) is 3.27. The fraction of sp³-hybridized carbons (Fsp3) is 0.762. The molecule has 8 nitrogen and oxygen atoms in total. The molecule has 0 aromatic carbocycles. The molecule has 0 aromatic rings. The Kier molecular flexibility index (Phi) is 8.38. The summed E-state index contributed by atoms with van der Waals surface area (Å²) in [6.07, 6.45) is 2.47. The van der Waals surface area contributed by atoms with Gasteiger partial charge in [0.05, 0.1) is 21.7 Å². The Hall–Kier alpha value is -1.04. The second kappa shape index (κ2) is 10.5. The second-order valence-electron chi connectivity index (χ2n) is 8.93. The Bertz CT molecular complexity index is 826. The number of carbonyl (C=O) groups is 3. The van der Waals surface area contributed by atoms with Crippen molar-refractivity contribution in [1.29, 1.82) is 0 Å². The van der Waals surface area contributed by atoms with Gasteiger partial charge in [-0.15, -0.1) is 11.8 Å². The molecule has 3 aliphatic rings. The van der Waals surface area contributed by atoms with Crippen molar-refractivity contribution in [2.45, 2.75) is 70.1 Å². The van der Waals surface area contributed by atoms with E-state index in [4.69, 9.17) is 9.47 Å². The maximum atomic E-state index is 12.9. The molecule has 0 aliphatic carbocycles. The van der Waals surface area contributed by atoms with E-state index in [0.29, 0.717) is 22.2 Å². The van der Waals surface area contributed by atoms with Crippen LogP contribution in [0.5, 0.6) is 0 Å². The third-order valence-corrected chi connectivity index (χ3v) is 10.4. The predicted molar refractivity (Wildman–Crippen MR) is 125 cm³/mol. The summed E-state index contributed by atoms with van der Waals surface area (Å²) in [7, 11) is -0.866. The zero-order chi connectivity index (χ0) is 23.6. The summed E-state index contributed by atoms with van der Waals surface area (Å²) in [5, 5.41) is 9.69. The molecular formula is C21H31NO7S3. The molecule has 3 aliphatic heterocycles. The molecule has 32 heavy (non-hydrogen) atoms. The molecule has 2 fully saturated rings. The Labute approximate surface area is 199 Å². The number of ether oxygens (including phenoxy) is 2. The minimum absolute atomic E-state index is 0.0946. The molecule has 0 aromatic heterocycles. The van der Waals surface area contributed by atoms with E-state index in [-0.39, 0.29) is 22.2 Å². The molecule has 3 rings (SSSR count). The van der Waals surface area contributed by atoms with Crippen LogP contribution in [0.3, 0.4) is 0 Å². The fourth-order valence-electron chi connectivity index (χ4n) is 3.83. The van der Waals surface area contributed by atoms with Crippen molar-refractivity contribution in [3.05, 3.63) is 9.93 Å². The van der Waals surface area contributed by atoms with Crippen LogP contribution in [0.1, 0.15) is 53.4 Å². The summed E-state index contributed by atoms with van der Waals surface area (Å²) >= 11 is 2.80. The first-order valence-corrected chi connectivity index (χ1v) is 14.1. The number of nitrogens with zero attached hydrogens (tertiary/aromatic N) is 1. The summed E-state index contributed by atoms with van der Waals surface area (Å²) in [6, 6.07) is 0. The van der Waals surface area contributed by atoms with Crippen LogP contribution in [0, 0.1) is 11.3 Å². The average molecular weight is 506 g/mol. The van der Waals surface area contributed by atoms with E-state index in [0.717, 1.165) is 19.3 Å². The zero-order valence-corrected chi connectivity index (χ0v) is 21.3. The van der Waals surface area contributed by atoms with Gasteiger partial charge in [0.15, 0.2) is 5.70 Å². The van der Waals surface area contributed by atoms with Crippen molar-refractivity contribution in [2.24, 2.45) is 11.3 Å². The quantitative estimate of drug-likeness (QED) is 0.272. The van der Waals surface area contributed by atoms with E-state index in [2.05, 4.69) is 0 Å². The number of rotatable bonds is 10. The molecule has 3 heterocycles. The number of carbonyl (C=O) groups excluding carboxylic acids is 3. The third kappa shape index (κ3) is 5.37. The molecule has 5 atom stereocenters. The topological polar surface area (TPSA) is 110 Å². The van der Waals surface area contributed by atoms with E-state index in [1.165, 1.54) is 28.4 Å². The van der Waals surface area contributed by atoms with Crippen LogP contribution in [0.15, 0.2) is 9.93 Å². The van der Waals surface area contributed by atoms with Gasteiger partial charge in [-0.05, 0) is 33.6 Å². The van der Waals surface area contributed by atoms with Gasteiger partial charge in [0.2, 0.25) is 12.7 Å². The van der Waals surface area contributed by atoms with Gasteiger partial charge < -0.3 is 14.6 Å². The predicted octanol–water partition coefficient (Wildman–Crippen LogP) is 2.58. The molecule has 0 spiro atoms. The molecule has 0 saturated carbocycles. The highest BCUT2D eigenvalue weighted by molar-refractivity contribution is 8.23. The molecule has 0 unspecified atom stereocenters. The largest absolute Gasteiger partial charge is 0.427 e. The molecular weight excluding hydrogens is 474 g/mol. The highest BCUT2D eigenvalue weighted by atomic mass is 32.2. The number of hydrogen-bond donors (Lipinski definition) is 1.